The van der Waals surface area contributed by atoms with E-state index in [4.69, 9.17) is 0 Å². The number of nitrogens with one attached hydrogen (secondary N) is 2. The largest absolute Gasteiger partial charge is 0.418 e. The van der Waals surface area contributed by atoms with Crippen LogP contribution in [0.5, 0.6) is 0 Å². The predicted molar refractivity (Wildman–Crippen MR) is 112 cm³/mol. The van der Waals surface area contributed by atoms with Crippen LogP contribution in [0.1, 0.15) is 28.0 Å². The van der Waals surface area contributed by atoms with Crippen LogP contribution in [0, 0.1) is 12.7 Å². The van der Waals surface area contributed by atoms with Gasteiger partial charge in [0.1, 0.15) is 5.82 Å². The fraction of sp³-hybridized carbons (Fsp3) is 0.190. The monoisotopic (exact) mass is 467 g/mol. The Balaban J connectivity index is 1.76. The number of carbonyl (C=O) groups excluding carboxylic acids is 2. The molecule has 0 aliphatic carbocycles. The summed E-state index contributed by atoms with van der Waals surface area (Å²) >= 11 is 0.967. The van der Waals surface area contributed by atoms with Gasteiger partial charge in [-0.05, 0) is 37.3 Å². The highest BCUT2D eigenvalue weighted by molar-refractivity contribution is 7.07. The maximum absolute atomic E-state index is 13.7. The first kappa shape index (κ1) is 23.2. The Kier molecular flexibility index (Phi) is 6.78. The summed E-state index contributed by atoms with van der Waals surface area (Å²) in [6.45, 7) is 1.71. The van der Waals surface area contributed by atoms with Crippen LogP contribution in [0.15, 0.2) is 52.6 Å². The smallest absolute Gasteiger partial charge is 0.325 e. The van der Waals surface area contributed by atoms with E-state index < -0.39 is 35.1 Å². The highest BCUT2D eigenvalue weighted by atomic mass is 32.1. The van der Waals surface area contributed by atoms with E-state index in [1.165, 1.54) is 22.8 Å². The van der Waals surface area contributed by atoms with E-state index in [1.54, 1.807) is 12.3 Å². The minimum atomic E-state index is -4.83. The van der Waals surface area contributed by atoms with Gasteiger partial charge in [-0.2, -0.15) is 13.2 Å². The number of anilines is 2. The minimum Gasteiger partial charge on any atom is -0.325 e. The number of carbonyl (C=O) groups is 2. The molecule has 3 aromatic rings. The number of hydrogen-bond donors (Lipinski definition) is 2. The molecule has 3 rings (SSSR count). The van der Waals surface area contributed by atoms with Crippen molar-refractivity contribution < 1.29 is 27.2 Å². The number of thiazole rings is 1. The Morgan fingerprint density at radius 1 is 1.09 bits per heavy atom. The van der Waals surface area contributed by atoms with Crippen LogP contribution in [0.2, 0.25) is 0 Å². The molecule has 168 valence electrons. The highest BCUT2D eigenvalue weighted by Gasteiger charge is 2.34. The zero-order chi connectivity index (χ0) is 23.5. The molecule has 1 heterocycles. The molecule has 32 heavy (non-hydrogen) atoms. The van der Waals surface area contributed by atoms with Crippen molar-refractivity contribution in [3.05, 3.63) is 80.2 Å². The Morgan fingerprint density at radius 3 is 2.44 bits per heavy atom. The lowest BCUT2D eigenvalue weighted by Gasteiger charge is -2.16. The van der Waals surface area contributed by atoms with Crippen molar-refractivity contribution in [3.63, 3.8) is 0 Å². The average Bonchev–Trinajstić information content (AvgIpc) is 3.04. The molecule has 0 radical (unpaired) electrons. The standard InChI is InChI=1S/C21H17F4N3O3S/c1-12-11-32-20(31)28(12)9-8-18(29)27-17-7-6-13(10-15(17)21(23,24)25)26-19(30)14-4-2-3-5-16(14)22/h2-7,10-11H,8-9H2,1H3,(H,26,30)(H,27,29). The maximum atomic E-state index is 13.7. The summed E-state index contributed by atoms with van der Waals surface area (Å²) in [4.78, 5) is 35.8. The third-order valence-corrected chi connectivity index (χ3v) is 5.40. The third-order valence-electron chi connectivity index (χ3n) is 4.51. The number of aryl methyl sites for hydroxylation is 1. The zero-order valence-electron chi connectivity index (χ0n) is 16.6. The van der Waals surface area contributed by atoms with Gasteiger partial charge in [-0.15, -0.1) is 0 Å². The maximum Gasteiger partial charge on any atom is 0.418 e. The van der Waals surface area contributed by atoms with Crippen LogP contribution in [0.3, 0.4) is 0 Å². The fourth-order valence-electron chi connectivity index (χ4n) is 2.91. The Bertz CT molecular complexity index is 1220. The molecule has 2 aromatic carbocycles. The Hall–Kier alpha value is -3.47. The van der Waals surface area contributed by atoms with Gasteiger partial charge in [-0.1, -0.05) is 23.5 Å². The summed E-state index contributed by atoms with van der Waals surface area (Å²) in [6, 6.07) is 7.87. The normalized spacial score (nSPS) is 11.3. The lowest BCUT2D eigenvalue weighted by Crippen LogP contribution is -2.22. The topological polar surface area (TPSA) is 80.2 Å². The van der Waals surface area contributed by atoms with E-state index in [0.29, 0.717) is 11.8 Å². The van der Waals surface area contributed by atoms with Crippen LogP contribution in [0.4, 0.5) is 28.9 Å². The number of aromatic nitrogens is 1. The van der Waals surface area contributed by atoms with Crippen molar-refractivity contribution in [1.82, 2.24) is 4.57 Å². The van der Waals surface area contributed by atoms with Gasteiger partial charge in [0.25, 0.3) is 5.91 Å². The van der Waals surface area contributed by atoms with Gasteiger partial charge in [0.2, 0.25) is 5.91 Å². The quantitative estimate of drug-likeness (QED) is 0.518. The van der Waals surface area contributed by atoms with E-state index in [0.717, 1.165) is 29.5 Å². The van der Waals surface area contributed by atoms with Crippen molar-refractivity contribution in [2.24, 2.45) is 0 Å². The number of nitrogens with zero attached hydrogens (tertiary/aromatic N) is 1. The first-order valence-electron chi connectivity index (χ1n) is 9.28. The molecule has 0 aliphatic heterocycles. The fourth-order valence-corrected chi connectivity index (χ4v) is 3.67. The van der Waals surface area contributed by atoms with Crippen molar-refractivity contribution >= 4 is 34.5 Å². The number of benzene rings is 2. The summed E-state index contributed by atoms with van der Waals surface area (Å²) in [5.74, 6) is -2.44. The lowest BCUT2D eigenvalue weighted by atomic mass is 10.1. The summed E-state index contributed by atoms with van der Waals surface area (Å²) in [7, 11) is 0. The number of alkyl halides is 3. The second kappa shape index (κ2) is 9.35. The molecule has 6 nitrogen and oxygen atoms in total. The second-order valence-corrected chi connectivity index (χ2v) is 7.61. The van der Waals surface area contributed by atoms with Crippen LogP contribution >= 0.6 is 11.3 Å². The number of halogens is 4. The summed E-state index contributed by atoms with van der Waals surface area (Å²) < 4.78 is 55.7. The summed E-state index contributed by atoms with van der Waals surface area (Å²) in [5, 5.41) is 6.04. The second-order valence-electron chi connectivity index (χ2n) is 6.78. The average molecular weight is 467 g/mol. The zero-order valence-corrected chi connectivity index (χ0v) is 17.4. The summed E-state index contributed by atoms with van der Waals surface area (Å²) in [5.41, 5.74) is -1.57. The molecule has 2 N–H and O–H groups in total. The van der Waals surface area contributed by atoms with Gasteiger partial charge in [0.05, 0.1) is 16.8 Å². The first-order valence-corrected chi connectivity index (χ1v) is 10.2. The molecular weight excluding hydrogens is 450 g/mol. The third kappa shape index (κ3) is 5.41. The van der Waals surface area contributed by atoms with Crippen LogP contribution in [0.25, 0.3) is 0 Å². The number of amides is 2. The first-order chi connectivity index (χ1) is 15.1. The van der Waals surface area contributed by atoms with Crippen molar-refractivity contribution in [2.75, 3.05) is 10.6 Å². The minimum absolute atomic E-state index is 0.0259. The summed E-state index contributed by atoms with van der Waals surface area (Å²) in [6.07, 6.45) is -5.04. The molecule has 0 unspecified atom stereocenters. The van der Waals surface area contributed by atoms with E-state index >= 15 is 0 Å². The van der Waals surface area contributed by atoms with Gasteiger partial charge in [-0.3, -0.25) is 14.4 Å². The molecule has 0 fully saturated rings. The predicted octanol–water partition coefficient (Wildman–Crippen LogP) is 4.66. The van der Waals surface area contributed by atoms with Gasteiger partial charge >= 0.3 is 11.0 Å². The molecule has 11 heteroatoms. The van der Waals surface area contributed by atoms with Gasteiger partial charge < -0.3 is 15.2 Å². The molecule has 0 saturated carbocycles. The Labute approximate surface area is 183 Å². The van der Waals surface area contributed by atoms with E-state index in [2.05, 4.69) is 10.6 Å². The Morgan fingerprint density at radius 2 is 1.81 bits per heavy atom. The van der Waals surface area contributed by atoms with Gasteiger partial charge in [0, 0.05) is 29.7 Å². The SMILES string of the molecule is Cc1csc(=O)n1CCC(=O)Nc1ccc(NC(=O)c2ccccc2F)cc1C(F)(F)F. The van der Waals surface area contributed by atoms with E-state index in [9.17, 15) is 31.9 Å². The van der Waals surface area contributed by atoms with Gasteiger partial charge in [0.15, 0.2) is 0 Å². The molecule has 0 spiro atoms. The molecule has 0 bridgehead atoms. The van der Waals surface area contributed by atoms with E-state index in [-0.39, 0.29) is 29.1 Å². The van der Waals surface area contributed by atoms with Crippen molar-refractivity contribution in [3.8, 4) is 0 Å². The molecule has 0 saturated heterocycles. The van der Waals surface area contributed by atoms with Crippen LogP contribution in [-0.2, 0) is 17.5 Å². The lowest BCUT2D eigenvalue weighted by molar-refractivity contribution is -0.136. The molecule has 0 atom stereocenters. The molecule has 1 aromatic heterocycles. The van der Waals surface area contributed by atoms with Gasteiger partial charge in [-0.25, -0.2) is 4.39 Å². The molecule has 0 aliphatic rings. The molecular formula is C21H17F4N3O3S. The van der Waals surface area contributed by atoms with E-state index in [1.807, 2.05) is 0 Å². The molecule has 2 amide bonds. The van der Waals surface area contributed by atoms with Crippen molar-refractivity contribution in [1.29, 1.82) is 0 Å². The number of hydrogen-bond acceptors (Lipinski definition) is 4. The van der Waals surface area contributed by atoms with Crippen LogP contribution < -0.4 is 15.5 Å². The highest BCUT2D eigenvalue weighted by Crippen LogP contribution is 2.36. The van der Waals surface area contributed by atoms with Crippen molar-refractivity contribution in [2.45, 2.75) is 26.1 Å². The van der Waals surface area contributed by atoms with Crippen LogP contribution in [-0.4, -0.2) is 16.4 Å². The number of rotatable bonds is 6.